The van der Waals surface area contributed by atoms with Crippen molar-refractivity contribution < 1.29 is 0 Å². The SMILES string of the molecule is C1=CC(c2ccccc2)c2cccc3cccc1c23. The number of benzene rings is 3. The van der Waals surface area contributed by atoms with Gasteiger partial charge in [0.25, 0.3) is 0 Å². The smallest absolute Gasteiger partial charge is 0.0279 e. The monoisotopic (exact) mass is 242 g/mol. The minimum absolute atomic E-state index is 0.375. The Kier molecular flexibility index (Phi) is 2.28. The number of allylic oxidation sites excluding steroid dienone is 1. The van der Waals surface area contributed by atoms with Crippen molar-refractivity contribution in [3.05, 3.63) is 89.5 Å². The summed E-state index contributed by atoms with van der Waals surface area (Å²) >= 11 is 0. The molecule has 0 amide bonds. The van der Waals surface area contributed by atoms with Crippen molar-refractivity contribution in [2.45, 2.75) is 5.92 Å². The van der Waals surface area contributed by atoms with Crippen LogP contribution in [0.3, 0.4) is 0 Å². The highest BCUT2D eigenvalue weighted by Gasteiger charge is 2.18. The first-order valence-corrected chi connectivity index (χ1v) is 6.68. The molecule has 0 aliphatic heterocycles. The van der Waals surface area contributed by atoms with E-state index < -0.39 is 0 Å². The zero-order chi connectivity index (χ0) is 12.7. The molecule has 0 radical (unpaired) electrons. The zero-order valence-corrected chi connectivity index (χ0v) is 10.6. The van der Waals surface area contributed by atoms with Crippen LogP contribution >= 0.6 is 0 Å². The van der Waals surface area contributed by atoms with Crippen molar-refractivity contribution >= 4 is 16.8 Å². The first-order valence-electron chi connectivity index (χ1n) is 6.68. The van der Waals surface area contributed by atoms with Gasteiger partial charge in [0.05, 0.1) is 0 Å². The van der Waals surface area contributed by atoms with E-state index in [9.17, 15) is 0 Å². The van der Waals surface area contributed by atoms with Gasteiger partial charge in [-0.1, -0.05) is 78.9 Å². The van der Waals surface area contributed by atoms with Gasteiger partial charge in [-0.3, -0.25) is 0 Å². The van der Waals surface area contributed by atoms with Crippen LogP contribution < -0.4 is 0 Å². The molecule has 1 aliphatic carbocycles. The fourth-order valence-corrected chi connectivity index (χ4v) is 3.05. The molecule has 0 spiro atoms. The second kappa shape index (κ2) is 4.10. The molecule has 1 atom stereocenters. The molecule has 0 saturated heterocycles. The van der Waals surface area contributed by atoms with Crippen molar-refractivity contribution in [2.75, 3.05) is 0 Å². The van der Waals surface area contributed by atoms with E-state index in [0.717, 1.165) is 0 Å². The van der Waals surface area contributed by atoms with Crippen LogP contribution in [-0.4, -0.2) is 0 Å². The third kappa shape index (κ3) is 1.61. The van der Waals surface area contributed by atoms with Crippen molar-refractivity contribution in [1.29, 1.82) is 0 Å². The molecule has 0 heteroatoms. The van der Waals surface area contributed by atoms with Crippen LogP contribution in [-0.2, 0) is 0 Å². The lowest BCUT2D eigenvalue weighted by Crippen LogP contribution is -2.02. The summed E-state index contributed by atoms with van der Waals surface area (Å²) in [6, 6.07) is 23.9. The number of hydrogen-bond acceptors (Lipinski definition) is 0. The first kappa shape index (κ1) is 10.6. The topological polar surface area (TPSA) is 0 Å². The molecule has 0 aromatic heterocycles. The Morgan fingerprint density at radius 2 is 1.47 bits per heavy atom. The third-order valence-electron chi connectivity index (χ3n) is 3.93. The van der Waals surface area contributed by atoms with Gasteiger partial charge >= 0.3 is 0 Å². The lowest BCUT2D eigenvalue weighted by atomic mass is 9.82. The van der Waals surface area contributed by atoms with Crippen LogP contribution in [0.15, 0.2) is 72.8 Å². The predicted octanol–water partition coefficient (Wildman–Crippen LogP) is 5.00. The highest BCUT2D eigenvalue weighted by molar-refractivity contribution is 5.96. The maximum atomic E-state index is 2.31. The van der Waals surface area contributed by atoms with Crippen molar-refractivity contribution in [3.63, 3.8) is 0 Å². The van der Waals surface area contributed by atoms with E-state index in [2.05, 4.69) is 78.9 Å². The van der Waals surface area contributed by atoms with E-state index in [1.54, 1.807) is 0 Å². The number of hydrogen-bond donors (Lipinski definition) is 0. The lowest BCUT2D eigenvalue weighted by Gasteiger charge is -2.21. The van der Waals surface area contributed by atoms with Gasteiger partial charge in [-0.15, -0.1) is 0 Å². The Labute approximate surface area is 113 Å². The average Bonchev–Trinajstić information content (AvgIpc) is 2.49. The van der Waals surface area contributed by atoms with E-state index in [4.69, 9.17) is 0 Å². The van der Waals surface area contributed by atoms with Crippen LogP contribution in [0.1, 0.15) is 22.6 Å². The molecule has 1 aliphatic rings. The summed E-state index contributed by atoms with van der Waals surface area (Å²) < 4.78 is 0. The summed E-state index contributed by atoms with van der Waals surface area (Å²) in [5.74, 6) is 0.375. The maximum absolute atomic E-state index is 2.31. The molecule has 3 aromatic carbocycles. The van der Waals surface area contributed by atoms with Crippen LogP contribution in [0.25, 0.3) is 16.8 Å². The molecule has 0 heterocycles. The Balaban J connectivity index is 2.01. The van der Waals surface area contributed by atoms with E-state index in [1.165, 1.54) is 27.5 Å². The molecule has 90 valence electrons. The van der Waals surface area contributed by atoms with Gasteiger partial charge in [-0.05, 0) is 27.5 Å². The Morgan fingerprint density at radius 1 is 0.684 bits per heavy atom. The molecule has 19 heavy (non-hydrogen) atoms. The standard InChI is InChI=1S/C19H14/c1-2-6-14(7-3-1)17-13-12-16-9-4-8-15-10-5-11-18(17)19(15)16/h1-13,17H. The average molecular weight is 242 g/mol. The zero-order valence-electron chi connectivity index (χ0n) is 10.6. The second-order valence-corrected chi connectivity index (χ2v) is 5.04. The van der Waals surface area contributed by atoms with Gasteiger partial charge < -0.3 is 0 Å². The van der Waals surface area contributed by atoms with Crippen LogP contribution in [0, 0.1) is 0 Å². The molecule has 1 unspecified atom stereocenters. The molecule has 4 rings (SSSR count). The van der Waals surface area contributed by atoms with Crippen LogP contribution in [0.2, 0.25) is 0 Å². The largest absolute Gasteiger partial charge is 0.0720 e. The van der Waals surface area contributed by atoms with Gasteiger partial charge in [0, 0.05) is 5.92 Å². The minimum Gasteiger partial charge on any atom is -0.0720 e. The van der Waals surface area contributed by atoms with Gasteiger partial charge in [0.1, 0.15) is 0 Å². The summed E-state index contributed by atoms with van der Waals surface area (Å²) in [6.07, 6.45) is 4.57. The summed E-state index contributed by atoms with van der Waals surface area (Å²) in [5, 5.41) is 2.74. The first-order chi connectivity index (χ1) is 9.43. The predicted molar refractivity (Wildman–Crippen MR) is 81.3 cm³/mol. The molecule has 0 nitrogen and oxygen atoms in total. The van der Waals surface area contributed by atoms with Gasteiger partial charge in [-0.25, -0.2) is 0 Å². The summed E-state index contributed by atoms with van der Waals surface area (Å²) in [5.41, 5.74) is 4.11. The van der Waals surface area contributed by atoms with E-state index >= 15 is 0 Å². The molecular formula is C19H14. The van der Waals surface area contributed by atoms with Gasteiger partial charge in [0.15, 0.2) is 0 Å². The molecule has 0 N–H and O–H groups in total. The summed E-state index contributed by atoms with van der Waals surface area (Å²) in [4.78, 5) is 0. The summed E-state index contributed by atoms with van der Waals surface area (Å²) in [7, 11) is 0. The molecule has 0 fully saturated rings. The highest BCUT2D eigenvalue weighted by atomic mass is 14.2. The fraction of sp³-hybridized carbons (Fsp3) is 0.0526. The Bertz CT molecular complexity index is 761. The lowest BCUT2D eigenvalue weighted by molar-refractivity contribution is 1.04. The van der Waals surface area contributed by atoms with Gasteiger partial charge in [0.2, 0.25) is 0 Å². The fourth-order valence-electron chi connectivity index (χ4n) is 3.05. The Hall–Kier alpha value is -2.34. The van der Waals surface area contributed by atoms with Crippen LogP contribution in [0.5, 0.6) is 0 Å². The molecule has 3 aromatic rings. The van der Waals surface area contributed by atoms with Crippen LogP contribution in [0.4, 0.5) is 0 Å². The Morgan fingerprint density at radius 3 is 2.32 bits per heavy atom. The second-order valence-electron chi connectivity index (χ2n) is 5.04. The maximum Gasteiger partial charge on any atom is 0.0279 e. The van der Waals surface area contributed by atoms with Crippen molar-refractivity contribution in [2.24, 2.45) is 0 Å². The molecule has 0 bridgehead atoms. The molecule has 0 saturated carbocycles. The highest BCUT2D eigenvalue weighted by Crippen LogP contribution is 2.37. The summed E-state index contributed by atoms with van der Waals surface area (Å²) in [6.45, 7) is 0. The van der Waals surface area contributed by atoms with Gasteiger partial charge in [-0.2, -0.15) is 0 Å². The number of rotatable bonds is 1. The van der Waals surface area contributed by atoms with Crippen molar-refractivity contribution in [3.8, 4) is 0 Å². The quantitative estimate of drug-likeness (QED) is 0.563. The van der Waals surface area contributed by atoms with Crippen molar-refractivity contribution in [1.82, 2.24) is 0 Å². The minimum atomic E-state index is 0.375. The normalized spacial score (nSPS) is 16.7. The van der Waals surface area contributed by atoms with E-state index in [1.807, 2.05) is 0 Å². The molecular weight excluding hydrogens is 228 g/mol. The third-order valence-corrected chi connectivity index (χ3v) is 3.93. The van der Waals surface area contributed by atoms with E-state index in [0.29, 0.717) is 5.92 Å². The van der Waals surface area contributed by atoms with E-state index in [-0.39, 0.29) is 0 Å².